The summed E-state index contributed by atoms with van der Waals surface area (Å²) in [5, 5.41) is 10.7. The molecule has 1 aromatic heterocycles. The van der Waals surface area contributed by atoms with Crippen LogP contribution in [0.15, 0.2) is 36.5 Å². The van der Waals surface area contributed by atoms with Crippen molar-refractivity contribution in [3.8, 4) is 5.75 Å². The third-order valence-electron chi connectivity index (χ3n) is 5.17. The van der Waals surface area contributed by atoms with E-state index in [0.717, 1.165) is 18.4 Å². The monoisotopic (exact) mass is 430 g/mol. The highest BCUT2D eigenvalue weighted by molar-refractivity contribution is 6.31. The fraction of sp³-hybridized carbons (Fsp3) is 0.435. The molecule has 0 aliphatic heterocycles. The van der Waals surface area contributed by atoms with Gasteiger partial charge in [-0.15, -0.1) is 0 Å². The zero-order valence-corrected chi connectivity index (χ0v) is 18.3. The summed E-state index contributed by atoms with van der Waals surface area (Å²) in [6, 6.07) is 7.00. The van der Waals surface area contributed by atoms with Crippen LogP contribution < -0.4 is 4.74 Å². The van der Waals surface area contributed by atoms with E-state index in [2.05, 4.69) is 29.9 Å². The number of carbonyl (C=O) groups is 1. The molecule has 0 unspecified atom stereocenters. The van der Waals surface area contributed by atoms with Crippen molar-refractivity contribution in [2.75, 3.05) is 6.61 Å². The molecule has 2 aromatic rings. The van der Waals surface area contributed by atoms with Gasteiger partial charge < -0.3 is 14.6 Å². The minimum Gasteiger partial charge on any atom is -0.487 e. The van der Waals surface area contributed by atoms with Crippen LogP contribution in [0.2, 0.25) is 5.15 Å². The summed E-state index contributed by atoms with van der Waals surface area (Å²) < 4.78 is 10.7. The summed E-state index contributed by atoms with van der Waals surface area (Å²) in [6.07, 6.45) is 4.78. The van der Waals surface area contributed by atoms with Crippen molar-refractivity contribution in [2.24, 2.45) is 5.41 Å². The first-order valence-corrected chi connectivity index (χ1v) is 10.5. The van der Waals surface area contributed by atoms with E-state index in [4.69, 9.17) is 21.1 Å². The lowest BCUT2D eigenvalue weighted by Gasteiger charge is -2.22. The van der Waals surface area contributed by atoms with E-state index < -0.39 is 12.1 Å². The number of aliphatic hydroxyl groups excluding tert-OH is 1. The number of aliphatic hydroxyl groups is 1. The van der Waals surface area contributed by atoms with Gasteiger partial charge in [0.2, 0.25) is 0 Å². The molecule has 0 spiro atoms. The van der Waals surface area contributed by atoms with Gasteiger partial charge in [0, 0.05) is 0 Å². The van der Waals surface area contributed by atoms with Gasteiger partial charge in [-0.3, -0.25) is 4.79 Å². The van der Waals surface area contributed by atoms with Crippen LogP contribution in [0.4, 0.5) is 0 Å². The first-order chi connectivity index (χ1) is 14.3. The van der Waals surface area contributed by atoms with Crippen molar-refractivity contribution >= 4 is 23.1 Å². The molecule has 7 heteroatoms. The fourth-order valence-corrected chi connectivity index (χ4v) is 3.71. The topological polar surface area (TPSA) is 81.5 Å². The minimum atomic E-state index is -0.953. The van der Waals surface area contributed by atoms with E-state index in [1.54, 1.807) is 37.4 Å². The molecule has 0 saturated carbocycles. The third-order valence-corrected chi connectivity index (χ3v) is 5.45. The summed E-state index contributed by atoms with van der Waals surface area (Å²) in [7, 11) is 0. The third kappa shape index (κ3) is 5.37. The van der Waals surface area contributed by atoms with Crippen molar-refractivity contribution in [1.29, 1.82) is 0 Å². The Kier molecular flexibility index (Phi) is 7.10. The number of esters is 1. The molecule has 1 atom stereocenters. The van der Waals surface area contributed by atoms with Gasteiger partial charge in [0.25, 0.3) is 0 Å². The van der Waals surface area contributed by atoms with Crippen molar-refractivity contribution in [1.82, 2.24) is 9.97 Å². The second kappa shape index (κ2) is 9.58. The second-order valence-corrected chi connectivity index (χ2v) is 8.29. The lowest BCUT2D eigenvalue weighted by atomic mass is 9.84. The molecule has 0 bridgehead atoms. The van der Waals surface area contributed by atoms with E-state index >= 15 is 0 Å². The number of halogens is 1. The highest BCUT2D eigenvalue weighted by Crippen LogP contribution is 2.44. The number of hydrogen-bond donors (Lipinski definition) is 1. The number of ether oxygens (including phenoxy) is 2. The summed E-state index contributed by atoms with van der Waals surface area (Å²) in [4.78, 5) is 20.6. The number of nitrogens with zero attached hydrogens (tertiary/aromatic N) is 2. The molecule has 3 rings (SSSR count). The van der Waals surface area contributed by atoms with Crippen LogP contribution in [0.1, 0.15) is 63.1 Å². The van der Waals surface area contributed by atoms with Gasteiger partial charge in [0.15, 0.2) is 5.15 Å². The van der Waals surface area contributed by atoms with Crippen molar-refractivity contribution < 1.29 is 19.4 Å². The van der Waals surface area contributed by atoms with Crippen LogP contribution in [0.25, 0.3) is 5.57 Å². The van der Waals surface area contributed by atoms with E-state index in [0.29, 0.717) is 27.9 Å². The molecule has 1 aliphatic rings. The maximum Gasteiger partial charge on any atom is 0.308 e. The molecule has 160 valence electrons. The minimum absolute atomic E-state index is 0.0151. The zero-order chi connectivity index (χ0) is 21.7. The smallest absolute Gasteiger partial charge is 0.308 e. The second-order valence-electron chi connectivity index (χ2n) is 7.93. The van der Waals surface area contributed by atoms with Gasteiger partial charge in [-0.2, -0.15) is 0 Å². The van der Waals surface area contributed by atoms with Gasteiger partial charge in [-0.25, -0.2) is 9.97 Å². The van der Waals surface area contributed by atoms with Gasteiger partial charge in [0.05, 0.1) is 31.0 Å². The molecule has 0 fully saturated rings. The van der Waals surface area contributed by atoms with Crippen molar-refractivity contribution in [3.05, 3.63) is 58.6 Å². The zero-order valence-electron chi connectivity index (χ0n) is 17.5. The average molecular weight is 431 g/mol. The van der Waals surface area contributed by atoms with Crippen LogP contribution in [-0.4, -0.2) is 27.7 Å². The van der Waals surface area contributed by atoms with Crippen LogP contribution in [0, 0.1) is 5.41 Å². The SMILES string of the molecule is CCOC(=O)C[C@@H](O)c1cccc(OCc2cnc(Cl)c(C3=CCCC3(C)C)n2)c1. The first kappa shape index (κ1) is 22.2. The van der Waals surface area contributed by atoms with Crippen LogP contribution in [0.5, 0.6) is 5.75 Å². The van der Waals surface area contributed by atoms with Crippen LogP contribution in [0.3, 0.4) is 0 Å². The van der Waals surface area contributed by atoms with Crippen molar-refractivity contribution in [2.45, 2.75) is 52.7 Å². The van der Waals surface area contributed by atoms with Crippen LogP contribution in [-0.2, 0) is 16.1 Å². The van der Waals surface area contributed by atoms with E-state index in [1.807, 2.05) is 0 Å². The van der Waals surface area contributed by atoms with Gasteiger partial charge in [0.1, 0.15) is 18.1 Å². The Balaban J connectivity index is 1.69. The number of allylic oxidation sites excluding steroid dienone is 2. The summed E-state index contributed by atoms with van der Waals surface area (Å²) in [5.74, 6) is 0.124. The molecule has 6 nitrogen and oxygen atoms in total. The summed E-state index contributed by atoms with van der Waals surface area (Å²) in [6.45, 7) is 6.59. The number of aromatic nitrogens is 2. The largest absolute Gasteiger partial charge is 0.487 e. The molecule has 1 heterocycles. The summed E-state index contributed by atoms with van der Waals surface area (Å²) >= 11 is 6.32. The Morgan fingerprint density at radius 2 is 2.17 bits per heavy atom. The molecule has 0 saturated heterocycles. The maximum atomic E-state index is 11.6. The number of benzene rings is 1. The maximum absolute atomic E-state index is 11.6. The van der Waals surface area contributed by atoms with Gasteiger partial charge in [-0.05, 0) is 48.4 Å². The molecule has 1 aliphatic carbocycles. The van der Waals surface area contributed by atoms with E-state index in [-0.39, 0.29) is 25.0 Å². The first-order valence-electron chi connectivity index (χ1n) is 10.1. The normalized spacial score (nSPS) is 16.1. The molecule has 1 N–H and O–H groups in total. The molecule has 1 aromatic carbocycles. The highest BCUT2D eigenvalue weighted by atomic mass is 35.5. The Hall–Kier alpha value is -2.44. The predicted molar refractivity (Wildman–Crippen MR) is 115 cm³/mol. The van der Waals surface area contributed by atoms with E-state index in [1.165, 1.54) is 0 Å². The Morgan fingerprint density at radius 3 is 2.87 bits per heavy atom. The lowest BCUT2D eigenvalue weighted by Crippen LogP contribution is -2.12. The van der Waals surface area contributed by atoms with Gasteiger partial charge in [-0.1, -0.05) is 43.7 Å². The lowest BCUT2D eigenvalue weighted by molar-refractivity contribution is -0.145. The Bertz CT molecular complexity index is 943. The molecular formula is C23H27ClN2O4. The highest BCUT2D eigenvalue weighted by Gasteiger charge is 2.31. The van der Waals surface area contributed by atoms with Gasteiger partial charge >= 0.3 is 5.97 Å². The standard InChI is InChI=1S/C23H27ClN2O4/c1-4-29-20(28)12-19(27)15-7-5-8-17(11-15)30-14-16-13-25-22(24)21(26-16)18-9-6-10-23(18,2)3/h5,7-9,11,13,19,27H,4,6,10,12,14H2,1-3H3/t19-/m1/s1. The van der Waals surface area contributed by atoms with Crippen LogP contribution >= 0.6 is 11.6 Å². The quantitative estimate of drug-likeness (QED) is 0.600. The van der Waals surface area contributed by atoms with Crippen molar-refractivity contribution in [3.63, 3.8) is 0 Å². The molecule has 30 heavy (non-hydrogen) atoms. The average Bonchev–Trinajstić information content (AvgIpc) is 3.06. The molecular weight excluding hydrogens is 404 g/mol. The number of rotatable bonds is 8. The number of carbonyl (C=O) groups excluding carboxylic acids is 1. The van der Waals surface area contributed by atoms with E-state index in [9.17, 15) is 9.90 Å². The Morgan fingerprint density at radius 1 is 1.37 bits per heavy atom. The summed E-state index contributed by atoms with van der Waals surface area (Å²) in [5.41, 5.74) is 3.09. The molecule has 0 amide bonds. The molecule has 0 radical (unpaired) electrons. The number of hydrogen-bond acceptors (Lipinski definition) is 6. The fourth-order valence-electron chi connectivity index (χ4n) is 3.52. The Labute approximate surface area is 181 Å². The predicted octanol–water partition coefficient (Wildman–Crippen LogP) is 4.90.